The largest absolute Gasteiger partial charge is 0.399 e. The van der Waals surface area contributed by atoms with Crippen molar-refractivity contribution in [2.75, 3.05) is 24.8 Å². The minimum absolute atomic E-state index is 0.232. The van der Waals surface area contributed by atoms with E-state index in [0.29, 0.717) is 30.1 Å². The molecule has 2 aromatic rings. The van der Waals surface area contributed by atoms with Gasteiger partial charge in [-0.25, -0.2) is 0 Å². The van der Waals surface area contributed by atoms with Crippen LogP contribution in [0.25, 0.3) is 0 Å². The highest BCUT2D eigenvalue weighted by atomic mass is 79.9. The molecule has 7 heteroatoms. The van der Waals surface area contributed by atoms with Gasteiger partial charge in [0, 0.05) is 29.0 Å². The van der Waals surface area contributed by atoms with Gasteiger partial charge in [0.15, 0.2) is 0 Å². The Balaban J connectivity index is 2.05. The van der Waals surface area contributed by atoms with Crippen LogP contribution in [-0.4, -0.2) is 29.4 Å². The number of aromatic nitrogens is 2. The fourth-order valence-corrected chi connectivity index (χ4v) is 2.19. The second-order valence-corrected chi connectivity index (χ2v) is 5.13. The minimum Gasteiger partial charge on any atom is -0.399 e. The van der Waals surface area contributed by atoms with Gasteiger partial charge in [0.05, 0.1) is 25.0 Å². The second-order valence-electron chi connectivity index (χ2n) is 4.21. The molecule has 0 saturated carbocycles. The summed E-state index contributed by atoms with van der Waals surface area (Å²) in [6.07, 6.45) is 3.34. The first-order valence-electron chi connectivity index (χ1n) is 5.97. The number of carbonyl (C=O) groups is 1. The minimum atomic E-state index is -0.232. The molecule has 2 rings (SSSR count). The lowest BCUT2D eigenvalue weighted by molar-refractivity contribution is 0.102. The molecule has 1 aromatic heterocycles. The summed E-state index contributed by atoms with van der Waals surface area (Å²) in [5.74, 6) is -0.232. The van der Waals surface area contributed by atoms with Crippen LogP contribution < -0.4 is 11.1 Å². The van der Waals surface area contributed by atoms with Crippen molar-refractivity contribution in [3.05, 3.63) is 40.6 Å². The maximum Gasteiger partial charge on any atom is 0.255 e. The Labute approximate surface area is 125 Å². The third-order valence-electron chi connectivity index (χ3n) is 2.60. The molecule has 0 atom stereocenters. The number of amides is 1. The average molecular weight is 339 g/mol. The smallest absolute Gasteiger partial charge is 0.255 e. The average Bonchev–Trinajstić information content (AvgIpc) is 2.82. The van der Waals surface area contributed by atoms with Gasteiger partial charge in [-0.05, 0) is 18.2 Å². The molecule has 0 unspecified atom stereocenters. The number of hydrogen-bond acceptors (Lipinski definition) is 4. The third-order valence-corrected chi connectivity index (χ3v) is 3.06. The van der Waals surface area contributed by atoms with E-state index in [4.69, 9.17) is 10.5 Å². The van der Waals surface area contributed by atoms with E-state index in [9.17, 15) is 4.79 Å². The molecule has 0 fully saturated rings. The Hall–Kier alpha value is -1.86. The zero-order chi connectivity index (χ0) is 14.5. The lowest BCUT2D eigenvalue weighted by atomic mass is 10.2. The predicted octanol–water partition coefficient (Wildman–Crippen LogP) is 2.13. The van der Waals surface area contributed by atoms with Crippen molar-refractivity contribution in [1.82, 2.24) is 9.78 Å². The van der Waals surface area contributed by atoms with Gasteiger partial charge in [-0.2, -0.15) is 5.10 Å². The number of halogens is 1. The molecule has 0 saturated heterocycles. The summed E-state index contributed by atoms with van der Waals surface area (Å²) in [5.41, 5.74) is 7.35. The number of nitrogens with two attached hydrogens (primary N) is 1. The lowest BCUT2D eigenvalue weighted by Crippen LogP contribution is -2.12. The number of carbonyl (C=O) groups excluding carboxylic acids is 1. The Bertz CT molecular complexity index is 592. The number of rotatable bonds is 5. The highest BCUT2D eigenvalue weighted by Crippen LogP contribution is 2.18. The van der Waals surface area contributed by atoms with Gasteiger partial charge in [0.1, 0.15) is 0 Å². The van der Waals surface area contributed by atoms with Crippen LogP contribution in [0.4, 0.5) is 11.4 Å². The number of hydrogen-bond donors (Lipinski definition) is 2. The topological polar surface area (TPSA) is 82.2 Å². The van der Waals surface area contributed by atoms with Gasteiger partial charge >= 0.3 is 0 Å². The molecule has 1 amide bonds. The molecular weight excluding hydrogens is 324 g/mol. The first-order valence-corrected chi connectivity index (χ1v) is 6.76. The number of nitrogens with zero attached hydrogens (tertiary/aromatic N) is 2. The van der Waals surface area contributed by atoms with E-state index < -0.39 is 0 Å². The second kappa shape index (κ2) is 6.53. The summed E-state index contributed by atoms with van der Waals surface area (Å²) in [6.45, 7) is 1.20. The Kier molecular flexibility index (Phi) is 4.75. The molecular formula is C13H15BrN4O2. The Morgan fingerprint density at radius 1 is 1.50 bits per heavy atom. The summed E-state index contributed by atoms with van der Waals surface area (Å²) in [5, 5.41) is 6.89. The van der Waals surface area contributed by atoms with Gasteiger partial charge in [-0.1, -0.05) is 15.9 Å². The number of anilines is 2. The van der Waals surface area contributed by atoms with Gasteiger partial charge in [0.2, 0.25) is 0 Å². The number of methoxy groups -OCH3 is 1. The van der Waals surface area contributed by atoms with E-state index in [1.165, 1.54) is 0 Å². The number of benzene rings is 1. The van der Waals surface area contributed by atoms with Crippen LogP contribution in [0.2, 0.25) is 0 Å². The van der Waals surface area contributed by atoms with E-state index in [1.54, 1.807) is 42.4 Å². The molecule has 6 nitrogen and oxygen atoms in total. The summed E-state index contributed by atoms with van der Waals surface area (Å²) >= 11 is 3.31. The van der Waals surface area contributed by atoms with Crippen LogP contribution in [0.1, 0.15) is 10.4 Å². The molecule has 20 heavy (non-hydrogen) atoms. The molecule has 0 aliphatic heterocycles. The van der Waals surface area contributed by atoms with Gasteiger partial charge in [0.25, 0.3) is 5.91 Å². The highest BCUT2D eigenvalue weighted by molar-refractivity contribution is 9.10. The van der Waals surface area contributed by atoms with E-state index in [1.807, 2.05) is 0 Å². The normalized spacial score (nSPS) is 10.5. The van der Waals surface area contributed by atoms with Crippen LogP contribution >= 0.6 is 15.9 Å². The molecule has 3 N–H and O–H groups in total. The molecule has 0 spiro atoms. The number of ether oxygens (including phenoxy) is 1. The zero-order valence-corrected chi connectivity index (χ0v) is 12.6. The number of nitrogen functional groups attached to an aromatic ring is 1. The monoisotopic (exact) mass is 338 g/mol. The number of nitrogens with one attached hydrogen (secondary N) is 1. The van der Waals surface area contributed by atoms with E-state index in [0.717, 1.165) is 4.47 Å². The molecule has 0 aliphatic rings. The van der Waals surface area contributed by atoms with Crippen molar-refractivity contribution in [2.24, 2.45) is 0 Å². The molecule has 1 aromatic carbocycles. The van der Waals surface area contributed by atoms with Crippen molar-refractivity contribution in [3.63, 3.8) is 0 Å². The fraction of sp³-hybridized carbons (Fsp3) is 0.231. The van der Waals surface area contributed by atoms with E-state index >= 15 is 0 Å². The van der Waals surface area contributed by atoms with Crippen LogP contribution in [-0.2, 0) is 11.3 Å². The molecule has 0 aliphatic carbocycles. The summed E-state index contributed by atoms with van der Waals surface area (Å²) in [7, 11) is 1.63. The summed E-state index contributed by atoms with van der Waals surface area (Å²) < 4.78 is 7.43. The fourth-order valence-electron chi connectivity index (χ4n) is 1.68. The molecule has 0 bridgehead atoms. The van der Waals surface area contributed by atoms with Crippen molar-refractivity contribution in [3.8, 4) is 0 Å². The first kappa shape index (κ1) is 14.5. The molecule has 1 heterocycles. The van der Waals surface area contributed by atoms with Gasteiger partial charge in [-0.3, -0.25) is 9.48 Å². The van der Waals surface area contributed by atoms with Crippen molar-refractivity contribution < 1.29 is 9.53 Å². The predicted molar refractivity (Wildman–Crippen MR) is 80.6 cm³/mol. The summed E-state index contributed by atoms with van der Waals surface area (Å²) in [4.78, 5) is 12.1. The van der Waals surface area contributed by atoms with Crippen molar-refractivity contribution in [1.29, 1.82) is 0 Å². The van der Waals surface area contributed by atoms with Gasteiger partial charge < -0.3 is 15.8 Å². The van der Waals surface area contributed by atoms with Crippen LogP contribution in [0.5, 0.6) is 0 Å². The SMILES string of the molecule is COCCn1cc(NC(=O)c2cc(N)cc(Br)c2)cn1. The molecule has 0 radical (unpaired) electrons. The standard InChI is InChI=1S/C13H15BrN4O2/c1-20-3-2-18-8-12(7-16-18)17-13(19)9-4-10(14)6-11(15)5-9/h4-8H,2-3,15H2,1H3,(H,17,19). The van der Waals surface area contributed by atoms with Crippen molar-refractivity contribution in [2.45, 2.75) is 6.54 Å². The maximum atomic E-state index is 12.1. The quantitative estimate of drug-likeness (QED) is 0.818. The summed E-state index contributed by atoms with van der Waals surface area (Å²) in [6, 6.07) is 5.07. The Morgan fingerprint density at radius 2 is 2.30 bits per heavy atom. The van der Waals surface area contributed by atoms with Crippen molar-refractivity contribution >= 4 is 33.2 Å². The highest BCUT2D eigenvalue weighted by Gasteiger charge is 2.09. The third kappa shape index (κ3) is 3.82. The molecule has 106 valence electrons. The van der Waals surface area contributed by atoms with Crippen LogP contribution in [0.3, 0.4) is 0 Å². The maximum absolute atomic E-state index is 12.1. The van der Waals surface area contributed by atoms with E-state index in [2.05, 4.69) is 26.3 Å². The van der Waals surface area contributed by atoms with Gasteiger partial charge in [-0.15, -0.1) is 0 Å². The first-order chi connectivity index (χ1) is 9.58. The van der Waals surface area contributed by atoms with E-state index in [-0.39, 0.29) is 5.91 Å². The lowest BCUT2D eigenvalue weighted by Gasteiger charge is -2.04. The van der Waals surface area contributed by atoms with Crippen LogP contribution in [0, 0.1) is 0 Å². The van der Waals surface area contributed by atoms with Crippen LogP contribution in [0.15, 0.2) is 35.1 Å². The Morgan fingerprint density at radius 3 is 3.00 bits per heavy atom. The zero-order valence-electron chi connectivity index (χ0n) is 11.0.